The van der Waals surface area contributed by atoms with Crippen LogP contribution in [0.25, 0.3) is 0 Å². The zero-order valence-electron chi connectivity index (χ0n) is 17.5. The molecule has 2 nitrogen and oxygen atoms in total. The molecule has 0 aromatic rings. The molecule has 4 saturated carbocycles. The van der Waals surface area contributed by atoms with E-state index in [1.807, 2.05) is 0 Å². The predicted octanol–water partition coefficient (Wildman–Crippen LogP) is 5.62. The minimum absolute atomic E-state index is 0.169. The molecular weight excluding hydrogens is 320 g/mol. The van der Waals surface area contributed by atoms with Crippen molar-refractivity contribution in [2.45, 2.75) is 98.0 Å². The topological polar surface area (TPSA) is 37.3 Å². The van der Waals surface area contributed by atoms with Gasteiger partial charge in [0.2, 0.25) is 0 Å². The van der Waals surface area contributed by atoms with Crippen molar-refractivity contribution >= 4 is 5.78 Å². The largest absolute Gasteiger partial charge is 0.393 e. The number of aliphatic hydroxyl groups is 1. The van der Waals surface area contributed by atoms with Crippen LogP contribution in [0.3, 0.4) is 0 Å². The van der Waals surface area contributed by atoms with Crippen molar-refractivity contribution < 1.29 is 9.90 Å². The first-order valence-corrected chi connectivity index (χ1v) is 11.5. The van der Waals surface area contributed by atoms with Crippen molar-refractivity contribution in [3.63, 3.8) is 0 Å². The molecule has 1 N–H and O–H groups in total. The Kier molecular flexibility index (Phi) is 4.82. The van der Waals surface area contributed by atoms with Gasteiger partial charge in [0.15, 0.2) is 0 Å². The van der Waals surface area contributed by atoms with E-state index >= 15 is 0 Å². The standard InChI is InChI=1S/C24H40O2/c1-5-6-15(2)18-7-8-19-22-20(10-12-24(18,19)4)23(3)11-9-17(25)13-16(23)14-21(22)26/h15-20,22,25H,5-14H2,1-4H3/t15-,16+,17-,18?,19?,20?,22?,23+,24-/m1/s1. The first-order chi connectivity index (χ1) is 12.3. The summed E-state index contributed by atoms with van der Waals surface area (Å²) in [7, 11) is 0. The molecule has 0 spiro atoms. The van der Waals surface area contributed by atoms with Gasteiger partial charge in [-0.2, -0.15) is 0 Å². The number of rotatable bonds is 3. The van der Waals surface area contributed by atoms with Gasteiger partial charge in [0, 0.05) is 12.3 Å². The van der Waals surface area contributed by atoms with Crippen LogP contribution in [-0.4, -0.2) is 17.0 Å². The van der Waals surface area contributed by atoms with Gasteiger partial charge >= 0.3 is 0 Å². The Morgan fingerprint density at radius 2 is 1.77 bits per heavy atom. The minimum Gasteiger partial charge on any atom is -0.393 e. The van der Waals surface area contributed by atoms with Gasteiger partial charge in [0.1, 0.15) is 5.78 Å². The third kappa shape index (κ3) is 2.65. The maximum Gasteiger partial charge on any atom is 0.136 e. The number of Topliss-reactive ketones (excluding diaryl/α,β-unsaturated/α-hetero) is 1. The van der Waals surface area contributed by atoms with E-state index in [0.717, 1.165) is 37.5 Å². The Morgan fingerprint density at radius 1 is 1.08 bits per heavy atom. The third-order valence-corrected chi connectivity index (χ3v) is 9.95. The lowest BCUT2D eigenvalue weighted by Crippen LogP contribution is -2.57. The first kappa shape index (κ1) is 19.0. The van der Waals surface area contributed by atoms with Crippen LogP contribution in [-0.2, 0) is 4.79 Å². The van der Waals surface area contributed by atoms with Crippen molar-refractivity contribution in [2.24, 2.45) is 46.3 Å². The van der Waals surface area contributed by atoms with Gasteiger partial charge in [-0.15, -0.1) is 0 Å². The Labute approximate surface area is 160 Å². The van der Waals surface area contributed by atoms with Crippen molar-refractivity contribution in [2.75, 3.05) is 0 Å². The number of hydrogen-bond donors (Lipinski definition) is 1. The lowest BCUT2D eigenvalue weighted by atomic mass is 9.44. The van der Waals surface area contributed by atoms with Gasteiger partial charge in [0.05, 0.1) is 6.10 Å². The summed E-state index contributed by atoms with van der Waals surface area (Å²) in [5.74, 6) is 4.15. The number of carbonyl (C=O) groups excluding carboxylic acids is 1. The van der Waals surface area contributed by atoms with Crippen molar-refractivity contribution in [1.82, 2.24) is 0 Å². The quantitative estimate of drug-likeness (QED) is 0.709. The number of fused-ring (bicyclic) bond motifs is 5. The van der Waals surface area contributed by atoms with E-state index in [0.29, 0.717) is 40.3 Å². The zero-order chi connectivity index (χ0) is 18.7. The maximum absolute atomic E-state index is 13.3. The monoisotopic (exact) mass is 360 g/mol. The van der Waals surface area contributed by atoms with E-state index < -0.39 is 0 Å². The molecule has 4 aliphatic carbocycles. The lowest BCUT2D eigenvalue weighted by molar-refractivity contribution is -0.160. The van der Waals surface area contributed by atoms with Crippen molar-refractivity contribution in [1.29, 1.82) is 0 Å². The second kappa shape index (κ2) is 6.61. The first-order valence-electron chi connectivity index (χ1n) is 11.5. The Hall–Kier alpha value is -0.370. The maximum atomic E-state index is 13.3. The van der Waals surface area contributed by atoms with E-state index in [4.69, 9.17) is 0 Å². The van der Waals surface area contributed by atoms with E-state index in [1.165, 1.54) is 38.5 Å². The average Bonchev–Trinajstić information content (AvgIpc) is 2.94. The van der Waals surface area contributed by atoms with Gasteiger partial charge < -0.3 is 5.11 Å². The molecule has 0 aliphatic heterocycles. The molecule has 4 rings (SSSR count). The zero-order valence-corrected chi connectivity index (χ0v) is 17.5. The normalized spacial score (nSPS) is 52.1. The highest BCUT2D eigenvalue weighted by molar-refractivity contribution is 5.83. The van der Waals surface area contributed by atoms with Gasteiger partial charge in [-0.1, -0.05) is 40.5 Å². The summed E-state index contributed by atoms with van der Waals surface area (Å²) in [5, 5.41) is 10.2. The molecule has 0 saturated heterocycles. The predicted molar refractivity (Wildman–Crippen MR) is 106 cm³/mol. The molecule has 148 valence electrons. The highest BCUT2D eigenvalue weighted by atomic mass is 16.3. The second-order valence-electron chi connectivity index (χ2n) is 11.0. The smallest absolute Gasteiger partial charge is 0.136 e. The molecule has 2 heteroatoms. The number of aliphatic hydroxyl groups excluding tert-OH is 1. The van der Waals surface area contributed by atoms with Crippen LogP contribution in [0.5, 0.6) is 0 Å². The SMILES string of the molecule is CCC[C@@H](C)C1CCC2C3C(=O)C[C@@H]4C[C@H](O)CC[C@]4(C)C3CC[C@@]21C. The van der Waals surface area contributed by atoms with E-state index in [1.54, 1.807) is 0 Å². The Bertz CT molecular complexity index is 556. The molecule has 4 fully saturated rings. The molecule has 0 aromatic carbocycles. The summed E-state index contributed by atoms with van der Waals surface area (Å²) in [5.41, 5.74) is 0.690. The number of ketones is 1. The lowest BCUT2D eigenvalue weighted by Gasteiger charge is -2.60. The second-order valence-corrected chi connectivity index (χ2v) is 11.0. The number of hydrogen-bond acceptors (Lipinski definition) is 2. The summed E-state index contributed by atoms with van der Waals surface area (Å²) in [6, 6.07) is 0. The van der Waals surface area contributed by atoms with Gasteiger partial charge in [-0.25, -0.2) is 0 Å². The molecule has 4 unspecified atom stereocenters. The molecule has 0 radical (unpaired) electrons. The Morgan fingerprint density at radius 3 is 2.50 bits per heavy atom. The molecular formula is C24H40O2. The van der Waals surface area contributed by atoms with Crippen molar-refractivity contribution in [3.05, 3.63) is 0 Å². The molecule has 0 bridgehead atoms. The summed E-state index contributed by atoms with van der Waals surface area (Å²) in [4.78, 5) is 13.3. The Balaban J connectivity index is 1.62. The average molecular weight is 361 g/mol. The molecule has 0 heterocycles. The minimum atomic E-state index is -0.169. The van der Waals surface area contributed by atoms with E-state index in [9.17, 15) is 9.90 Å². The van der Waals surface area contributed by atoms with Crippen molar-refractivity contribution in [3.8, 4) is 0 Å². The molecule has 0 aromatic heterocycles. The van der Waals surface area contributed by atoms with E-state index in [2.05, 4.69) is 27.7 Å². The van der Waals surface area contributed by atoms with Crippen LogP contribution >= 0.6 is 0 Å². The molecule has 9 atom stereocenters. The summed E-state index contributed by atoms with van der Waals surface area (Å²) in [6.07, 6.45) is 11.4. The molecule has 0 amide bonds. The van der Waals surface area contributed by atoms with Crippen LogP contribution < -0.4 is 0 Å². The van der Waals surface area contributed by atoms with Crippen LogP contribution in [0.4, 0.5) is 0 Å². The summed E-state index contributed by atoms with van der Waals surface area (Å²) in [6.45, 7) is 9.80. The van der Waals surface area contributed by atoms with Crippen LogP contribution in [0.1, 0.15) is 91.9 Å². The van der Waals surface area contributed by atoms with Gasteiger partial charge in [-0.3, -0.25) is 4.79 Å². The van der Waals surface area contributed by atoms with Crippen LogP contribution in [0, 0.1) is 46.3 Å². The van der Waals surface area contributed by atoms with E-state index in [-0.39, 0.29) is 6.10 Å². The van der Waals surface area contributed by atoms with Crippen LogP contribution in [0.2, 0.25) is 0 Å². The summed E-state index contributed by atoms with van der Waals surface area (Å²) < 4.78 is 0. The molecule has 26 heavy (non-hydrogen) atoms. The summed E-state index contributed by atoms with van der Waals surface area (Å²) >= 11 is 0. The highest BCUT2D eigenvalue weighted by Crippen LogP contribution is 2.67. The van der Waals surface area contributed by atoms with Crippen LogP contribution in [0.15, 0.2) is 0 Å². The highest BCUT2D eigenvalue weighted by Gasteiger charge is 2.62. The molecule has 4 aliphatic rings. The number of carbonyl (C=O) groups is 1. The fourth-order valence-corrected chi connectivity index (χ4v) is 8.54. The third-order valence-electron chi connectivity index (χ3n) is 9.95. The van der Waals surface area contributed by atoms with Gasteiger partial charge in [0.25, 0.3) is 0 Å². The fraction of sp³-hybridized carbons (Fsp3) is 0.958. The van der Waals surface area contributed by atoms with Gasteiger partial charge in [-0.05, 0) is 85.4 Å². The fourth-order valence-electron chi connectivity index (χ4n) is 8.54.